The molecule has 1 aromatic carbocycles. The Labute approximate surface area is 150 Å². The first-order chi connectivity index (χ1) is 11.1. The summed E-state index contributed by atoms with van der Waals surface area (Å²) in [4.78, 5) is 4.86. The molecule has 11 heteroatoms. The van der Waals surface area contributed by atoms with Crippen LogP contribution in [-0.2, 0) is 26.5 Å². The highest BCUT2D eigenvalue weighted by molar-refractivity contribution is 7.93. The number of halogens is 1. The third-order valence-electron chi connectivity index (χ3n) is 3.02. The first-order valence-corrected chi connectivity index (χ1v) is 11.3. The fourth-order valence-electron chi connectivity index (χ4n) is 1.88. The van der Waals surface area contributed by atoms with Crippen LogP contribution in [0.25, 0.3) is 0 Å². The summed E-state index contributed by atoms with van der Waals surface area (Å²) < 4.78 is 51.7. The van der Waals surface area contributed by atoms with Crippen LogP contribution in [0.2, 0.25) is 5.02 Å². The summed E-state index contributed by atoms with van der Waals surface area (Å²) >= 11 is 7.11. The van der Waals surface area contributed by atoms with Gasteiger partial charge in [0.05, 0.1) is 11.2 Å². The largest absolute Gasteiger partial charge is 0.263 e. The van der Waals surface area contributed by atoms with E-state index in [1.54, 1.807) is 19.1 Å². The molecular weight excluding hydrogens is 394 g/mol. The van der Waals surface area contributed by atoms with Crippen molar-refractivity contribution in [3.8, 4) is 0 Å². The molecule has 0 amide bonds. The average molecular weight is 410 g/mol. The van der Waals surface area contributed by atoms with E-state index in [2.05, 4.69) is 14.4 Å². The summed E-state index contributed by atoms with van der Waals surface area (Å²) in [6.45, 7) is 1.85. The second-order valence-electron chi connectivity index (χ2n) is 5.02. The third kappa shape index (κ3) is 5.15. The van der Waals surface area contributed by atoms with Crippen molar-refractivity contribution in [1.29, 1.82) is 0 Å². The van der Waals surface area contributed by atoms with Gasteiger partial charge in [0, 0.05) is 22.6 Å². The van der Waals surface area contributed by atoms with Gasteiger partial charge in [-0.15, -0.1) is 11.3 Å². The molecule has 2 N–H and O–H groups in total. The van der Waals surface area contributed by atoms with E-state index in [1.807, 2.05) is 0 Å². The van der Waals surface area contributed by atoms with Crippen LogP contribution < -0.4 is 9.44 Å². The Kier molecular flexibility index (Phi) is 5.87. The lowest BCUT2D eigenvalue weighted by molar-refractivity contribution is 0.588. The number of nitrogens with zero attached hydrogens (tertiary/aromatic N) is 1. The number of benzene rings is 1. The van der Waals surface area contributed by atoms with E-state index in [0.29, 0.717) is 17.0 Å². The van der Waals surface area contributed by atoms with Gasteiger partial charge in [-0.05, 0) is 31.0 Å². The van der Waals surface area contributed by atoms with Crippen molar-refractivity contribution in [2.45, 2.75) is 18.2 Å². The van der Waals surface area contributed by atoms with E-state index in [4.69, 9.17) is 11.6 Å². The van der Waals surface area contributed by atoms with Gasteiger partial charge < -0.3 is 0 Å². The molecule has 0 aliphatic carbocycles. The minimum atomic E-state index is -3.79. The lowest BCUT2D eigenvalue weighted by Gasteiger charge is -2.09. The second-order valence-corrected chi connectivity index (χ2v) is 10.0. The van der Waals surface area contributed by atoms with Crippen molar-refractivity contribution in [1.82, 2.24) is 9.71 Å². The lowest BCUT2D eigenvalue weighted by atomic mass is 10.2. The maximum Gasteiger partial charge on any atom is 0.263 e. The molecule has 0 fully saturated rings. The Morgan fingerprint density at radius 2 is 1.96 bits per heavy atom. The van der Waals surface area contributed by atoms with Gasteiger partial charge >= 0.3 is 0 Å². The molecule has 0 saturated carbocycles. The minimum Gasteiger partial charge on any atom is -0.255 e. The normalized spacial score (nSPS) is 12.3. The summed E-state index contributed by atoms with van der Waals surface area (Å²) in [5.74, 6) is 0. The topological polar surface area (TPSA) is 105 Å². The Balaban J connectivity index is 2.10. The van der Waals surface area contributed by atoms with Crippen LogP contribution in [-0.4, -0.2) is 34.6 Å². The second kappa shape index (κ2) is 7.36. The first kappa shape index (κ1) is 19.1. The van der Waals surface area contributed by atoms with Crippen LogP contribution >= 0.6 is 22.9 Å². The fourth-order valence-corrected chi connectivity index (χ4v) is 4.90. The van der Waals surface area contributed by atoms with Crippen LogP contribution in [0.15, 0.2) is 29.3 Å². The number of nitrogens with one attached hydrogen (secondary N) is 2. The summed E-state index contributed by atoms with van der Waals surface area (Å²) in [5, 5.41) is 0.577. The number of hydrogen-bond donors (Lipinski definition) is 2. The predicted molar refractivity (Wildman–Crippen MR) is 95.7 cm³/mol. The number of sulfonamides is 2. The number of aromatic nitrogens is 1. The molecule has 0 radical (unpaired) electrons. The van der Waals surface area contributed by atoms with Crippen molar-refractivity contribution in [3.05, 3.63) is 39.9 Å². The summed E-state index contributed by atoms with van der Waals surface area (Å²) in [6, 6.07) is 4.65. The van der Waals surface area contributed by atoms with Crippen molar-refractivity contribution in [2.75, 3.05) is 17.5 Å². The standard InChI is InChI=1S/C13H16ClN3O4S3/c1-9-11(14)4-3-5-12(9)24(20,21)17-13-15-8-10(22-13)6-7-16-23(2,18)19/h3-5,8,16H,6-7H2,1-2H3,(H,15,17). The van der Waals surface area contributed by atoms with Crippen molar-refractivity contribution < 1.29 is 16.8 Å². The number of hydrogen-bond acceptors (Lipinski definition) is 6. The van der Waals surface area contributed by atoms with Gasteiger partial charge in [0.1, 0.15) is 0 Å². The molecule has 2 rings (SSSR count). The maximum atomic E-state index is 12.4. The molecule has 2 aromatic rings. The lowest BCUT2D eigenvalue weighted by Crippen LogP contribution is -2.24. The minimum absolute atomic E-state index is 0.0884. The maximum absolute atomic E-state index is 12.4. The predicted octanol–water partition coefficient (Wildman–Crippen LogP) is 2.00. The summed E-state index contributed by atoms with van der Waals surface area (Å²) in [6.07, 6.45) is 3.01. The van der Waals surface area contributed by atoms with E-state index >= 15 is 0 Å². The SMILES string of the molecule is Cc1c(Cl)cccc1S(=O)(=O)Nc1ncc(CCNS(C)(=O)=O)s1. The smallest absolute Gasteiger partial charge is 0.255 e. The highest BCUT2D eigenvalue weighted by Gasteiger charge is 2.19. The van der Waals surface area contributed by atoms with Gasteiger partial charge in [0.25, 0.3) is 10.0 Å². The Bertz CT molecular complexity index is 939. The van der Waals surface area contributed by atoms with E-state index in [-0.39, 0.29) is 16.6 Å². The zero-order chi connectivity index (χ0) is 18.0. The molecule has 0 aliphatic rings. The molecule has 0 saturated heterocycles. The molecule has 0 atom stereocenters. The molecule has 0 bridgehead atoms. The van der Waals surface area contributed by atoms with E-state index in [9.17, 15) is 16.8 Å². The Hall–Kier alpha value is -1.20. The zero-order valence-corrected chi connectivity index (χ0v) is 16.1. The van der Waals surface area contributed by atoms with Crippen LogP contribution in [0.4, 0.5) is 5.13 Å². The van der Waals surface area contributed by atoms with Gasteiger partial charge in [0.2, 0.25) is 10.0 Å². The summed E-state index contributed by atoms with van der Waals surface area (Å²) in [7, 11) is -7.05. The number of thiazole rings is 1. The first-order valence-electron chi connectivity index (χ1n) is 6.76. The van der Waals surface area contributed by atoms with Gasteiger partial charge in [-0.2, -0.15) is 0 Å². The van der Waals surface area contributed by atoms with E-state index < -0.39 is 20.0 Å². The van der Waals surface area contributed by atoms with Crippen molar-refractivity contribution in [2.24, 2.45) is 0 Å². The molecule has 7 nitrogen and oxygen atoms in total. The van der Waals surface area contributed by atoms with Gasteiger partial charge in [-0.25, -0.2) is 26.5 Å². The average Bonchev–Trinajstić information content (AvgIpc) is 2.87. The Morgan fingerprint density at radius 3 is 2.62 bits per heavy atom. The fraction of sp³-hybridized carbons (Fsp3) is 0.308. The third-order valence-corrected chi connectivity index (χ3v) is 6.74. The Morgan fingerprint density at radius 1 is 1.25 bits per heavy atom. The van der Waals surface area contributed by atoms with Crippen LogP contribution in [0, 0.1) is 6.92 Å². The monoisotopic (exact) mass is 409 g/mol. The van der Waals surface area contributed by atoms with Gasteiger partial charge in [-0.1, -0.05) is 17.7 Å². The van der Waals surface area contributed by atoms with Crippen LogP contribution in [0.3, 0.4) is 0 Å². The van der Waals surface area contributed by atoms with Gasteiger partial charge in [0.15, 0.2) is 5.13 Å². The summed E-state index contributed by atoms with van der Waals surface area (Å²) in [5.41, 5.74) is 0.459. The van der Waals surface area contributed by atoms with E-state index in [0.717, 1.165) is 22.5 Å². The molecule has 1 aromatic heterocycles. The molecular formula is C13H16ClN3O4S3. The van der Waals surface area contributed by atoms with Crippen LogP contribution in [0.5, 0.6) is 0 Å². The molecule has 24 heavy (non-hydrogen) atoms. The van der Waals surface area contributed by atoms with Crippen molar-refractivity contribution >= 4 is 48.1 Å². The number of rotatable bonds is 7. The number of anilines is 1. The highest BCUT2D eigenvalue weighted by Crippen LogP contribution is 2.26. The molecule has 132 valence electrons. The van der Waals surface area contributed by atoms with Gasteiger partial charge in [-0.3, -0.25) is 4.72 Å². The van der Waals surface area contributed by atoms with Crippen LogP contribution in [0.1, 0.15) is 10.4 Å². The molecule has 0 spiro atoms. The van der Waals surface area contributed by atoms with Crippen molar-refractivity contribution in [3.63, 3.8) is 0 Å². The molecule has 0 unspecified atom stereocenters. The van der Waals surface area contributed by atoms with E-state index in [1.165, 1.54) is 12.3 Å². The highest BCUT2D eigenvalue weighted by atomic mass is 35.5. The quantitative estimate of drug-likeness (QED) is 0.727. The zero-order valence-electron chi connectivity index (χ0n) is 12.9. The molecule has 0 aliphatic heterocycles. The molecule has 1 heterocycles.